The smallest absolute Gasteiger partial charge is 0.129 e. The summed E-state index contributed by atoms with van der Waals surface area (Å²) < 4.78 is 29.5. The summed E-state index contributed by atoms with van der Waals surface area (Å²) in [4.78, 5) is 1.95. The van der Waals surface area contributed by atoms with Crippen LogP contribution in [-0.2, 0) is 22.6 Å². The van der Waals surface area contributed by atoms with E-state index < -0.39 is 6.10 Å². The molecule has 1 aromatic heterocycles. The van der Waals surface area contributed by atoms with Crippen molar-refractivity contribution in [1.82, 2.24) is 4.90 Å². The lowest BCUT2D eigenvalue weighted by Gasteiger charge is -2.25. The molecule has 1 aromatic carbocycles. The third-order valence-corrected chi connectivity index (χ3v) is 3.57. The highest BCUT2D eigenvalue weighted by Crippen LogP contribution is 2.11. The second kappa shape index (κ2) is 10.2. The minimum Gasteiger partial charge on any atom is -0.467 e. The van der Waals surface area contributed by atoms with Crippen molar-refractivity contribution in [3.05, 3.63) is 59.8 Å². The Labute approximate surface area is 141 Å². The molecular formula is C18H24FNO4. The first kappa shape index (κ1) is 18.6. The van der Waals surface area contributed by atoms with Crippen molar-refractivity contribution in [2.24, 2.45) is 0 Å². The molecule has 0 aliphatic rings. The average Bonchev–Trinajstić information content (AvgIpc) is 3.08. The van der Waals surface area contributed by atoms with E-state index in [-0.39, 0.29) is 12.4 Å². The highest BCUT2D eigenvalue weighted by molar-refractivity contribution is 5.17. The van der Waals surface area contributed by atoms with Gasteiger partial charge in [-0.25, -0.2) is 4.39 Å². The van der Waals surface area contributed by atoms with Crippen LogP contribution in [0.1, 0.15) is 11.3 Å². The molecule has 0 aliphatic carbocycles. The molecule has 2 aromatic rings. The van der Waals surface area contributed by atoms with Crippen LogP contribution >= 0.6 is 0 Å². The quantitative estimate of drug-likeness (QED) is 0.683. The molecule has 1 heterocycles. The van der Waals surface area contributed by atoms with Crippen LogP contribution in [0.25, 0.3) is 0 Å². The minimum absolute atomic E-state index is 0.182. The third kappa shape index (κ3) is 6.41. The summed E-state index contributed by atoms with van der Waals surface area (Å²) in [5.41, 5.74) is 0.595. The fourth-order valence-electron chi connectivity index (χ4n) is 2.36. The minimum atomic E-state index is -0.677. The lowest BCUT2D eigenvalue weighted by Crippen LogP contribution is -2.36. The van der Waals surface area contributed by atoms with E-state index in [4.69, 9.17) is 13.9 Å². The van der Waals surface area contributed by atoms with E-state index in [9.17, 15) is 9.50 Å². The summed E-state index contributed by atoms with van der Waals surface area (Å²) in [5.74, 6) is 0.466. The van der Waals surface area contributed by atoms with Gasteiger partial charge < -0.3 is 19.0 Å². The Morgan fingerprint density at radius 1 is 1.25 bits per heavy atom. The van der Waals surface area contributed by atoms with Crippen molar-refractivity contribution in [1.29, 1.82) is 0 Å². The summed E-state index contributed by atoms with van der Waals surface area (Å²) in [5, 5.41) is 10.2. The van der Waals surface area contributed by atoms with Crippen LogP contribution in [0.2, 0.25) is 0 Å². The first-order valence-corrected chi connectivity index (χ1v) is 7.92. The van der Waals surface area contributed by atoms with Gasteiger partial charge in [0.1, 0.15) is 18.2 Å². The zero-order valence-corrected chi connectivity index (χ0v) is 13.9. The molecule has 0 bridgehead atoms. The van der Waals surface area contributed by atoms with Crippen LogP contribution in [-0.4, -0.2) is 49.5 Å². The second-order valence-electron chi connectivity index (χ2n) is 5.57. The molecule has 132 valence electrons. The van der Waals surface area contributed by atoms with Crippen molar-refractivity contribution in [3.8, 4) is 0 Å². The van der Waals surface area contributed by atoms with Gasteiger partial charge in [0, 0.05) is 32.3 Å². The topological polar surface area (TPSA) is 55.1 Å². The van der Waals surface area contributed by atoms with Crippen molar-refractivity contribution < 1.29 is 23.4 Å². The normalized spacial score (nSPS) is 12.7. The van der Waals surface area contributed by atoms with E-state index in [1.54, 1.807) is 37.6 Å². The standard InChI is InChI=1S/C18H24FNO4/c1-22-10-8-20(11-15-5-2-3-7-18(15)19)12-16(21)13-23-14-17-6-4-9-24-17/h2-7,9,16,21H,8,10-14H2,1H3/t16-/m0/s1. The van der Waals surface area contributed by atoms with Gasteiger partial charge in [-0.1, -0.05) is 18.2 Å². The van der Waals surface area contributed by atoms with Gasteiger partial charge in [0.15, 0.2) is 0 Å². The predicted molar refractivity (Wildman–Crippen MR) is 87.9 cm³/mol. The molecule has 24 heavy (non-hydrogen) atoms. The Bertz CT molecular complexity index is 576. The lowest BCUT2D eigenvalue weighted by atomic mass is 10.2. The summed E-state index contributed by atoms with van der Waals surface area (Å²) in [6, 6.07) is 10.2. The van der Waals surface area contributed by atoms with Gasteiger partial charge >= 0.3 is 0 Å². The van der Waals surface area contributed by atoms with Crippen molar-refractivity contribution in [3.63, 3.8) is 0 Å². The van der Waals surface area contributed by atoms with E-state index >= 15 is 0 Å². The first-order chi connectivity index (χ1) is 11.7. The maximum absolute atomic E-state index is 13.8. The maximum atomic E-state index is 13.8. The van der Waals surface area contributed by atoms with Gasteiger partial charge in [-0.3, -0.25) is 4.90 Å². The first-order valence-electron chi connectivity index (χ1n) is 7.92. The number of halogens is 1. The number of aliphatic hydroxyl groups is 1. The molecule has 1 atom stereocenters. The van der Waals surface area contributed by atoms with Crippen molar-refractivity contribution >= 4 is 0 Å². The number of rotatable bonds is 11. The molecule has 0 saturated carbocycles. The molecule has 0 amide bonds. The largest absolute Gasteiger partial charge is 0.467 e. The molecule has 0 saturated heterocycles. The number of aliphatic hydroxyl groups excluding tert-OH is 1. The fourth-order valence-corrected chi connectivity index (χ4v) is 2.36. The SMILES string of the molecule is COCCN(Cc1ccccc1F)C[C@H](O)COCc1ccco1. The predicted octanol–water partition coefficient (Wildman–Crippen LogP) is 2.44. The summed E-state index contributed by atoms with van der Waals surface area (Å²) >= 11 is 0. The summed E-state index contributed by atoms with van der Waals surface area (Å²) in [6.45, 7) is 2.38. The maximum Gasteiger partial charge on any atom is 0.129 e. The molecule has 0 spiro atoms. The van der Waals surface area contributed by atoms with E-state index in [0.717, 1.165) is 0 Å². The highest BCUT2D eigenvalue weighted by Gasteiger charge is 2.14. The molecule has 1 N–H and O–H groups in total. The second-order valence-corrected chi connectivity index (χ2v) is 5.57. The molecule has 0 radical (unpaired) electrons. The molecule has 0 unspecified atom stereocenters. The average molecular weight is 337 g/mol. The van der Waals surface area contributed by atoms with Gasteiger partial charge in [-0.05, 0) is 18.2 Å². The Morgan fingerprint density at radius 3 is 2.79 bits per heavy atom. The summed E-state index contributed by atoms with van der Waals surface area (Å²) in [7, 11) is 1.62. The lowest BCUT2D eigenvalue weighted by molar-refractivity contribution is 0.000330. The molecule has 2 rings (SSSR count). The molecule has 0 fully saturated rings. The molecule has 6 heteroatoms. The van der Waals surface area contributed by atoms with Crippen LogP contribution in [0.5, 0.6) is 0 Å². The van der Waals surface area contributed by atoms with Crippen LogP contribution in [0.15, 0.2) is 47.1 Å². The fraction of sp³-hybridized carbons (Fsp3) is 0.444. The Kier molecular flexibility index (Phi) is 7.91. The number of furan rings is 1. The number of hydrogen-bond donors (Lipinski definition) is 1. The van der Waals surface area contributed by atoms with Gasteiger partial charge in [-0.15, -0.1) is 0 Å². The van der Waals surface area contributed by atoms with E-state index in [0.29, 0.717) is 44.2 Å². The van der Waals surface area contributed by atoms with Gasteiger partial charge in [0.05, 0.1) is 25.6 Å². The Morgan fingerprint density at radius 2 is 2.08 bits per heavy atom. The van der Waals surface area contributed by atoms with Gasteiger partial charge in [0.2, 0.25) is 0 Å². The van der Waals surface area contributed by atoms with Crippen LogP contribution < -0.4 is 0 Å². The number of benzene rings is 1. The van der Waals surface area contributed by atoms with Crippen LogP contribution in [0.3, 0.4) is 0 Å². The zero-order chi connectivity index (χ0) is 17.2. The molecule has 0 aliphatic heterocycles. The van der Waals surface area contributed by atoms with Gasteiger partial charge in [0.25, 0.3) is 0 Å². The van der Waals surface area contributed by atoms with Crippen LogP contribution in [0.4, 0.5) is 4.39 Å². The van der Waals surface area contributed by atoms with Crippen molar-refractivity contribution in [2.75, 3.05) is 33.4 Å². The number of ether oxygens (including phenoxy) is 2. The van der Waals surface area contributed by atoms with Gasteiger partial charge in [-0.2, -0.15) is 0 Å². The Balaban J connectivity index is 1.81. The Hall–Kier alpha value is -1.73. The van der Waals surface area contributed by atoms with E-state index in [2.05, 4.69) is 0 Å². The molecular weight excluding hydrogens is 313 g/mol. The van der Waals surface area contributed by atoms with Crippen LogP contribution in [0, 0.1) is 5.82 Å². The molecule has 5 nitrogen and oxygen atoms in total. The van der Waals surface area contributed by atoms with E-state index in [1.807, 2.05) is 11.0 Å². The monoisotopic (exact) mass is 337 g/mol. The summed E-state index contributed by atoms with van der Waals surface area (Å²) in [6.07, 6.45) is 0.902. The van der Waals surface area contributed by atoms with E-state index in [1.165, 1.54) is 6.07 Å². The third-order valence-electron chi connectivity index (χ3n) is 3.57. The zero-order valence-electron chi connectivity index (χ0n) is 13.9. The van der Waals surface area contributed by atoms with Crippen molar-refractivity contribution in [2.45, 2.75) is 19.3 Å². The number of methoxy groups -OCH3 is 1. The number of hydrogen-bond acceptors (Lipinski definition) is 5. The highest BCUT2D eigenvalue weighted by atomic mass is 19.1. The number of nitrogens with zero attached hydrogens (tertiary/aromatic N) is 1.